The monoisotopic (exact) mass is 223 g/mol. The molecule has 1 fully saturated rings. The average Bonchev–Trinajstić information content (AvgIpc) is 2.81. The van der Waals surface area contributed by atoms with Crippen molar-refractivity contribution in [2.45, 2.75) is 19.0 Å². The predicted octanol–water partition coefficient (Wildman–Crippen LogP) is 0.434. The molecule has 1 aromatic rings. The zero-order valence-electron chi connectivity index (χ0n) is 9.31. The van der Waals surface area contributed by atoms with E-state index >= 15 is 0 Å². The van der Waals surface area contributed by atoms with E-state index in [-0.39, 0.29) is 6.04 Å². The third kappa shape index (κ3) is 2.10. The van der Waals surface area contributed by atoms with Gasteiger partial charge in [0.15, 0.2) is 0 Å². The highest BCUT2D eigenvalue weighted by Gasteiger charge is 2.32. The summed E-state index contributed by atoms with van der Waals surface area (Å²) >= 11 is 0. The molecule has 1 aromatic heterocycles. The Morgan fingerprint density at radius 3 is 3.12 bits per heavy atom. The summed E-state index contributed by atoms with van der Waals surface area (Å²) in [6.07, 6.45) is 1.86. The number of carbonyl (C=O) groups is 1. The number of hydrogen-bond donors (Lipinski definition) is 3. The van der Waals surface area contributed by atoms with Gasteiger partial charge in [-0.1, -0.05) is 0 Å². The molecule has 0 unspecified atom stereocenters. The molecule has 2 heterocycles. The van der Waals surface area contributed by atoms with Crippen LogP contribution >= 0.6 is 0 Å². The number of aliphatic carboxylic acids is 1. The van der Waals surface area contributed by atoms with Crippen LogP contribution in [0.5, 0.6) is 0 Å². The predicted molar refractivity (Wildman–Crippen MR) is 60.2 cm³/mol. The third-order valence-electron chi connectivity index (χ3n) is 3.14. The molecular weight excluding hydrogens is 206 g/mol. The normalized spacial score (nSPS) is 24.2. The van der Waals surface area contributed by atoms with Gasteiger partial charge in [0.2, 0.25) is 0 Å². The Morgan fingerprint density at radius 2 is 2.50 bits per heavy atom. The summed E-state index contributed by atoms with van der Waals surface area (Å²) in [6, 6.07) is 3.60. The molecule has 0 amide bonds. The average molecular weight is 223 g/mol. The number of aromatic nitrogens is 1. The number of piperazine rings is 1. The second-order valence-electron chi connectivity index (χ2n) is 4.10. The van der Waals surface area contributed by atoms with Crippen LogP contribution in [0.25, 0.3) is 0 Å². The van der Waals surface area contributed by atoms with Crippen LogP contribution in [-0.2, 0) is 4.79 Å². The Labute approximate surface area is 94.5 Å². The van der Waals surface area contributed by atoms with Crippen molar-refractivity contribution in [1.29, 1.82) is 0 Å². The van der Waals surface area contributed by atoms with Gasteiger partial charge in [-0.15, -0.1) is 0 Å². The van der Waals surface area contributed by atoms with Gasteiger partial charge in [0, 0.05) is 37.6 Å². The lowest BCUT2D eigenvalue weighted by molar-refractivity contribution is -0.145. The molecule has 0 bridgehead atoms. The van der Waals surface area contributed by atoms with Gasteiger partial charge in [-0.05, 0) is 19.1 Å². The van der Waals surface area contributed by atoms with Crippen molar-refractivity contribution in [3.63, 3.8) is 0 Å². The van der Waals surface area contributed by atoms with Crippen molar-refractivity contribution >= 4 is 5.97 Å². The molecule has 88 valence electrons. The zero-order chi connectivity index (χ0) is 11.5. The molecule has 16 heavy (non-hydrogen) atoms. The topological polar surface area (TPSA) is 68.4 Å². The minimum Gasteiger partial charge on any atom is -0.480 e. The van der Waals surface area contributed by atoms with Crippen molar-refractivity contribution in [1.82, 2.24) is 15.2 Å². The van der Waals surface area contributed by atoms with E-state index in [2.05, 4.69) is 10.3 Å². The number of H-pyrrole nitrogens is 1. The van der Waals surface area contributed by atoms with E-state index in [9.17, 15) is 4.79 Å². The molecule has 1 aliphatic rings. The van der Waals surface area contributed by atoms with Gasteiger partial charge >= 0.3 is 5.97 Å². The summed E-state index contributed by atoms with van der Waals surface area (Å²) < 4.78 is 0. The van der Waals surface area contributed by atoms with E-state index < -0.39 is 12.0 Å². The second kappa shape index (κ2) is 4.67. The second-order valence-corrected chi connectivity index (χ2v) is 4.10. The lowest BCUT2D eigenvalue weighted by Crippen LogP contribution is -2.55. The first-order valence-electron chi connectivity index (χ1n) is 5.52. The fraction of sp³-hybridized carbons (Fsp3) is 0.545. The Bertz CT molecular complexity index is 350. The molecule has 1 aliphatic heterocycles. The largest absolute Gasteiger partial charge is 0.480 e. The highest BCUT2D eigenvalue weighted by Crippen LogP contribution is 2.21. The fourth-order valence-corrected chi connectivity index (χ4v) is 2.20. The molecular formula is C11H17N3O2. The number of nitrogens with one attached hydrogen (secondary N) is 2. The standard InChI is InChI=1S/C11H17N3O2/c1-8(9-3-2-4-13-9)14-6-5-12-7-10(14)11(15)16/h2-4,8,10,12-13H,5-7H2,1H3,(H,15,16)/t8-,10-/m0/s1. The lowest BCUT2D eigenvalue weighted by Gasteiger charge is -2.37. The van der Waals surface area contributed by atoms with Gasteiger partial charge in [-0.3, -0.25) is 9.69 Å². The van der Waals surface area contributed by atoms with Crippen LogP contribution in [0.3, 0.4) is 0 Å². The van der Waals surface area contributed by atoms with Crippen LogP contribution < -0.4 is 5.32 Å². The third-order valence-corrected chi connectivity index (χ3v) is 3.14. The Balaban J connectivity index is 2.14. The molecule has 0 aromatic carbocycles. The van der Waals surface area contributed by atoms with E-state index in [1.54, 1.807) is 0 Å². The fourth-order valence-electron chi connectivity index (χ4n) is 2.20. The maximum Gasteiger partial charge on any atom is 0.322 e. The molecule has 0 radical (unpaired) electrons. The van der Waals surface area contributed by atoms with Crippen molar-refractivity contribution in [2.75, 3.05) is 19.6 Å². The first-order valence-corrected chi connectivity index (χ1v) is 5.52. The van der Waals surface area contributed by atoms with E-state index in [1.165, 1.54) is 0 Å². The van der Waals surface area contributed by atoms with Crippen LogP contribution in [0.1, 0.15) is 18.7 Å². The van der Waals surface area contributed by atoms with E-state index in [0.29, 0.717) is 6.54 Å². The number of aromatic amines is 1. The lowest BCUT2D eigenvalue weighted by atomic mass is 10.1. The molecule has 5 heteroatoms. The molecule has 5 nitrogen and oxygen atoms in total. The summed E-state index contributed by atoms with van der Waals surface area (Å²) in [5.41, 5.74) is 1.06. The molecule has 2 atom stereocenters. The number of carboxylic acid groups (broad SMARTS) is 1. The Hall–Kier alpha value is -1.33. The molecule has 0 aliphatic carbocycles. The van der Waals surface area contributed by atoms with Crippen molar-refractivity contribution in [3.8, 4) is 0 Å². The van der Waals surface area contributed by atoms with Crippen LogP contribution in [0.2, 0.25) is 0 Å². The molecule has 3 N–H and O–H groups in total. The smallest absolute Gasteiger partial charge is 0.322 e. The first kappa shape index (κ1) is 11.2. The van der Waals surface area contributed by atoms with E-state index in [4.69, 9.17) is 5.11 Å². The highest BCUT2D eigenvalue weighted by molar-refractivity contribution is 5.74. The summed E-state index contributed by atoms with van der Waals surface area (Å²) in [6.45, 7) is 4.15. The minimum absolute atomic E-state index is 0.109. The summed E-state index contributed by atoms with van der Waals surface area (Å²) in [5, 5.41) is 12.3. The van der Waals surface area contributed by atoms with Crippen LogP contribution in [0.15, 0.2) is 18.3 Å². The van der Waals surface area contributed by atoms with Gasteiger partial charge < -0.3 is 15.4 Å². The number of rotatable bonds is 3. The highest BCUT2D eigenvalue weighted by atomic mass is 16.4. The van der Waals surface area contributed by atoms with Crippen LogP contribution in [-0.4, -0.2) is 46.6 Å². The minimum atomic E-state index is -0.759. The number of nitrogens with zero attached hydrogens (tertiary/aromatic N) is 1. The molecule has 1 saturated heterocycles. The Kier molecular flexibility index (Phi) is 3.26. The van der Waals surface area contributed by atoms with Gasteiger partial charge in [-0.25, -0.2) is 0 Å². The SMILES string of the molecule is C[C@@H](c1ccc[nH]1)N1CCNC[C@H]1C(=O)O. The van der Waals surface area contributed by atoms with E-state index in [1.807, 2.05) is 30.2 Å². The van der Waals surface area contributed by atoms with Crippen molar-refractivity contribution < 1.29 is 9.90 Å². The van der Waals surface area contributed by atoms with Crippen molar-refractivity contribution in [3.05, 3.63) is 24.0 Å². The van der Waals surface area contributed by atoms with Crippen molar-refractivity contribution in [2.24, 2.45) is 0 Å². The summed E-state index contributed by atoms with van der Waals surface area (Å²) in [4.78, 5) is 16.3. The van der Waals surface area contributed by atoms with Gasteiger partial charge in [0.25, 0.3) is 0 Å². The zero-order valence-corrected chi connectivity index (χ0v) is 9.31. The number of hydrogen-bond acceptors (Lipinski definition) is 3. The molecule has 0 saturated carbocycles. The molecule has 0 spiro atoms. The number of carboxylic acids is 1. The van der Waals surface area contributed by atoms with E-state index in [0.717, 1.165) is 18.8 Å². The summed E-state index contributed by atoms with van der Waals surface area (Å²) in [5.74, 6) is -0.759. The maximum atomic E-state index is 11.1. The van der Waals surface area contributed by atoms with Gasteiger partial charge in [0.1, 0.15) is 6.04 Å². The van der Waals surface area contributed by atoms with Gasteiger partial charge in [0.05, 0.1) is 0 Å². The Morgan fingerprint density at radius 1 is 1.69 bits per heavy atom. The van der Waals surface area contributed by atoms with Crippen LogP contribution in [0.4, 0.5) is 0 Å². The molecule has 2 rings (SSSR count). The van der Waals surface area contributed by atoms with Gasteiger partial charge in [-0.2, -0.15) is 0 Å². The maximum absolute atomic E-state index is 11.1. The van der Waals surface area contributed by atoms with Crippen LogP contribution in [0, 0.1) is 0 Å². The first-order chi connectivity index (χ1) is 7.70. The quantitative estimate of drug-likeness (QED) is 0.695. The summed E-state index contributed by atoms with van der Waals surface area (Å²) in [7, 11) is 0.